The van der Waals surface area contributed by atoms with E-state index in [9.17, 15) is 14.0 Å². The molecule has 2 fully saturated rings. The Labute approximate surface area is 231 Å². The topological polar surface area (TPSA) is 139 Å². The minimum atomic E-state index is -0.960. The van der Waals surface area contributed by atoms with Crippen molar-refractivity contribution in [1.29, 1.82) is 0 Å². The van der Waals surface area contributed by atoms with E-state index < -0.39 is 23.8 Å². The summed E-state index contributed by atoms with van der Waals surface area (Å²) in [7, 11) is 0. The zero-order valence-electron chi connectivity index (χ0n) is 22.3. The lowest BCUT2D eigenvalue weighted by Gasteiger charge is -2.38. The van der Waals surface area contributed by atoms with E-state index in [2.05, 4.69) is 4.57 Å². The van der Waals surface area contributed by atoms with Gasteiger partial charge in [-0.05, 0) is 80.0 Å². The fourth-order valence-corrected chi connectivity index (χ4v) is 7.16. The molecule has 2 aromatic carbocycles. The molecule has 0 bridgehead atoms. The van der Waals surface area contributed by atoms with Gasteiger partial charge in [-0.3, -0.25) is 4.79 Å². The van der Waals surface area contributed by atoms with Gasteiger partial charge in [0.15, 0.2) is 0 Å². The van der Waals surface area contributed by atoms with Crippen LogP contribution in [0.4, 0.5) is 9.18 Å². The third-order valence-corrected chi connectivity index (χ3v) is 9.25. The van der Waals surface area contributed by atoms with E-state index in [1.54, 1.807) is 17.0 Å². The first-order valence-electron chi connectivity index (χ1n) is 14.1. The Balaban J connectivity index is 1.29. The number of likely N-dealkylation sites (tertiary alicyclic amines) is 1. The van der Waals surface area contributed by atoms with E-state index in [1.807, 2.05) is 18.2 Å². The molecule has 7 rings (SSSR count). The van der Waals surface area contributed by atoms with E-state index in [-0.39, 0.29) is 24.2 Å². The zero-order chi connectivity index (χ0) is 27.8. The van der Waals surface area contributed by atoms with E-state index in [0.717, 1.165) is 34.3 Å². The Morgan fingerprint density at radius 1 is 1.12 bits per heavy atom. The molecule has 10 heteroatoms. The van der Waals surface area contributed by atoms with Gasteiger partial charge in [0.05, 0.1) is 24.7 Å². The van der Waals surface area contributed by atoms with Crippen molar-refractivity contribution in [3.8, 4) is 5.75 Å². The number of hydrogen-bond donors (Lipinski definition) is 3. The molecule has 2 amide bonds. The second kappa shape index (κ2) is 9.21. The fraction of sp³-hybridized carbons (Fsp3) is 0.467. The Hall–Kier alpha value is -3.63. The van der Waals surface area contributed by atoms with Gasteiger partial charge in [0, 0.05) is 46.7 Å². The van der Waals surface area contributed by atoms with Crippen LogP contribution in [0.25, 0.3) is 10.9 Å². The first-order valence-corrected chi connectivity index (χ1v) is 14.1. The molecule has 9 nitrogen and oxygen atoms in total. The number of nitrogens with zero attached hydrogens (tertiary/aromatic N) is 2. The second-order valence-electron chi connectivity index (χ2n) is 11.8. The van der Waals surface area contributed by atoms with Crippen molar-refractivity contribution >= 4 is 22.9 Å². The van der Waals surface area contributed by atoms with Gasteiger partial charge in [0.2, 0.25) is 0 Å². The largest absolute Gasteiger partial charge is 0.493 e. The Morgan fingerprint density at radius 2 is 1.95 bits per heavy atom. The maximum Gasteiger partial charge on any atom is 0.404 e. The minimum Gasteiger partial charge on any atom is -0.493 e. The monoisotopic (exact) mass is 547 g/mol. The molecule has 210 valence electrons. The molecule has 2 unspecified atom stereocenters. The SMILES string of the molecule is NC(=O)O[C@@H]1CCCN(C(=O)c2cc3c4c(c2)C(N)[C@](N)(c2cc5cc(F)ccc5n2CC2CC2)C4CCO3)C1. The highest BCUT2D eigenvalue weighted by atomic mass is 19.1. The minimum absolute atomic E-state index is 0.110. The van der Waals surface area contributed by atoms with Crippen molar-refractivity contribution < 1.29 is 23.5 Å². The summed E-state index contributed by atoms with van der Waals surface area (Å²) in [6.45, 7) is 2.10. The summed E-state index contributed by atoms with van der Waals surface area (Å²) in [6.07, 6.45) is 3.12. The number of benzene rings is 2. The number of aromatic nitrogens is 1. The number of carbonyl (C=O) groups excluding carboxylic acids is 2. The van der Waals surface area contributed by atoms with Crippen LogP contribution in [-0.2, 0) is 16.8 Å². The summed E-state index contributed by atoms with van der Waals surface area (Å²) in [6, 6.07) is 9.92. The molecule has 1 saturated heterocycles. The first kappa shape index (κ1) is 25.3. The molecule has 4 aliphatic rings. The molecule has 3 aromatic rings. The van der Waals surface area contributed by atoms with Crippen LogP contribution in [-0.4, -0.2) is 47.3 Å². The third-order valence-electron chi connectivity index (χ3n) is 9.25. The average Bonchev–Trinajstić information content (AvgIpc) is 3.65. The molecule has 3 heterocycles. The highest BCUT2D eigenvalue weighted by Gasteiger charge is 2.54. The number of hydrogen-bond acceptors (Lipinski definition) is 6. The molecule has 4 atom stereocenters. The molecule has 2 aliphatic carbocycles. The van der Waals surface area contributed by atoms with E-state index in [1.165, 1.54) is 18.9 Å². The summed E-state index contributed by atoms with van der Waals surface area (Å²) in [5.41, 5.74) is 22.8. The van der Waals surface area contributed by atoms with Gasteiger partial charge < -0.3 is 36.1 Å². The number of halogens is 1. The van der Waals surface area contributed by atoms with Crippen LogP contribution in [0.3, 0.4) is 0 Å². The number of piperidine rings is 1. The first-order chi connectivity index (χ1) is 19.2. The molecule has 0 spiro atoms. The van der Waals surface area contributed by atoms with Crippen LogP contribution in [0.15, 0.2) is 36.4 Å². The number of fused-ring (bicyclic) bond motifs is 1. The predicted molar refractivity (Wildman–Crippen MR) is 146 cm³/mol. The molecule has 1 saturated carbocycles. The average molecular weight is 548 g/mol. The lowest BCUT2D eigenvalue weighted by atomic mass is 9.77. The maximum atomic E-state index is 14.2. The van der Waals surface area contributed by atoms with Gasteiger partial charge in [-0.2, -0.15) is 0 Å². The molecule has 0 radical (unpaired) electrons. The summed E-state index contributed by atoms with van der Waals surface area (Å²) in [5, 5.41) is 0.810. The van der Waals surface area contributed by atoms with Crippen LogP contribution in [0.5, 0.6) is 5.75 Å². The highest BCUT2D eigenvalue weighted by molar-refractivity contribution is 5.95. The number of ether oxygens (including phenoxy) is 2. The Kier molecular flexibility index (Phi) is 5.83. The quantitative estimate of drug-likeness (QED) is 0.446. The van der Waals surface area contributed by atoms with Gasteiger partial charge in [-0.25, -0.2) is 9.18 Å². The number of nitrogens with two attached hydrogens (primary N) is 3. The van der Waals surface area contributed by atoms with E-state index in [0.29, 0.717) is 49.6 Å². The maximum absolute atomic E-state index is 14.2. The summed E-state index contributed by atoms with van der Waals surface area (Å²) in [4.78, 5) is 26.6. The van der Waals surface area contributed by atoms with Gasteiger partial charge in [0.25, 0.3) is 5.91 Å². The highest BCUT2D eigenvalue weighted by Crippen LogP contribution is 2.58. The lowest BCUT2D eigenvalue weighted by molar-refractivity contribution is 0.0373. The number of amides is 2. The molecule has 40 heavy (non-hydrogen) atoms. The van der Waals surface area contributed by atoms with Crippen LogP contribution in [0, 0.1) is 11.7 Å². The normalized spacial score (nSPS) is 27.4. The van der Waals surface area contributed by atoms with E-state index in [4.69, 9.17) is 26.7 Å². The van der Waals surface area contributed by atoms with Crippen LogP contribution in [0.2, 0.25) is 0 Å². The van der Waals surface area contributed by atoms with Crippen molar-refractivity contribution in [3.05, 3.63) is 64.6 Å². The lowest BCUT2D eigenvalue weighted by Crippen LogP contribution is -2.49. The predicted octanol–water partition coefficient (Wildman–Crippen LogP) is 3.62. The van der Waals surface area contributed by atoms with Crippen molar-refractivity contribution in [1.82, 2.24) is 9.47 Å². The van der Waals surface area contributed by atoms with E-state index >= 15 is 0 Å². The van der Waals surface area contributed by atoms with Gasteiger partial charge in [-0.1, -0.05) is 0 Å². The number of rotatable bonds is 5. The summed E-state index contributed by atoms with van der Waals surface area (Å²) < 4.78 is 27.8. The summed E-state index contributed by atoms with van der Waals surface area (Å²) >= 11 is 0. The van der Waals surface area contributed by atoms with Crippen molar-refractivity contribution in [2.45, 2.75) is 62.3 Å². The fourth-order valence-electron chi connectivity index (χ4n) is 7.16. The Bertz CT molecular complexity index is 1530. The smallest absolute Gasteiger partial charge is 0.404 e. The van der Waals surface area contributed by atoms with Gasteiger partial charge in [-0.15, -0.1) is 0 Å². The standard InChI is InChI=1S/C30H34FN5O4/c31-19-5-6-23-17(10-19)13-25(36(23)14-16-3-4-16)30(34)22-7-9-39-24-12-18(11-21(26(22)24)27(30)32)28(37)35-8-1-2-20(15-35)40-29(33)38/h5-6,10-13,16,20,22,27H,1-4,7-9,14-15,32,34H2,(H2,33,38)/t20-,22?,27?,30-/m1/s1. The zero-order valence-corrected chi connectivity index (χ0v) is 22.3. The van der Waals surface area contributed by atoms with Gasteiger partial charge >= 0.3 is 6.09 Å². The molecule has 6 N–H and O–H groups in total. The van der Waals surface area contributed by atoms with Crippen molar-refractivity contribution in [3.63, 3.8) is 0 Å². The van der Waals surface area contributed by atoms with Crippen molar-refractivity contribution in [2.75, 3.05) is 19.7 Å². The molecule has 2 aliphatic heterocycles. The summed E-state index contributed by atoms with van der Waals surface area (Å²) in [5.74, 6) is 0.635. The molecular formula is C30H34FN5O4. The van der Waals surface area contributed by atoms with Crippen LogP contribution >= 0.6 is 0 Å². The third kappa shape index (κ3) is 3.96. The Morgan fingerprint density at radius 3 is 2.73 bits per heavy atom. The molecule has 1 aromatic heterocycles. The number of primary amides is 1. The molecular weight excluding hydrogens is 513 g/mol. The van der Waals surface area contributed by atoms with Crippen LogP contribution < -0.4 is 21.9 Å². The van der Waals surface area contributed by atoms with Crippen LogP contribution in [0.1, 0.15) is 71.2 Å². The second-order valence-corrected chi connectivity index (χ2v) is 11.8. The van der Waals surface area contributed by atoms with Crippen molar-refractivity contribution in [2.24, 2.45) is 23.1 Å². The van der Waals surface area contributed by atoms with Gasteiger partial charge in [0.1, 0.15) is 17.7 Å². The number of carbonyl (C=O) groups is 2.